The van der Waals surface area contributed by atoms with E-state index in [1.54, 1.807) is 28.8 Å². The number of thiazole rings is 1. The molecule has 0 fully saturated rings. The molecule has 7 nitrogen and oxygen atoms in total. The molecule has 0 amide bonds. The molecule has 0 aromatic carbocycles. The van der Waals surface area contributed by atoms with E-state index in [0.29, 0.717) is 17.3 Å². The van der Waals surface area contributed by atoms with E-state index < -0.39 is 10.0 Å². The van der Waals surface area contributed by atoms with Crippen LogP contribution >= 0.6 is 22.7 Å². The fourth-order valence-corrected chi connectivity index (χ4v) is 4.76. The maximum atomic E-state index is 12.1. The van der Waals surface area contributed by atoms with Crippen LogP contribution in [0.25, 0.3) is 0 Å². The summed E-state index contributed by atoms with van der Waals surface area (Å²) < 4.78 is 27.0. The van der Waals surface area contributed by atoms with Gasteiger partial charge in [0.05, 0.1) is 23.8 Å². The van der Waals surface area contributed by atoms with Gasteiger partial charge in [-0.05, 0) is 25.3 Å². The van der Waals surface area contributed by atoms with Gasteiger partial charge in [0.2, 0.25) is 10.0 Å². The molecule has 0 saturated carbocycles. The van der Waals surface area contributed by atoms with Crippen molar-refractivity contribution in [1.29, 1.82) is 0 Å². The van der Waals surface area contributed by atoms with Crippen LogP contribution in [-0.4, -0.2) is 50.9 Å². The van der Waals surface area contributed by atoms with Crippen LogP contribution in [0.3, 0.4) is 0 Å². The summed E-state index contributed by atoms with van der Waals surface area (Å²) >= 11 is 2.82. The molecule has 10 heteroatoms. The minimum absolute atomic E-state index is 0.249. The van der Waals surface area contributed by atoms with Crippen LogP contribution in [-0.2, 0) is 16.6 Å². The summed E-state index contributed by atoms with van der Waals surface area (Å²) in [4.78, 5) is 10.9. The first kappa shape index (κ1) is 19.8. The fraction of sp³-hybridized carbons (Fsp3) is 0.467. The molecule has 0 bridgehead atoms. The molecule has 0 aliphatic rings. The van der Waals surface area contributed by atoms with Crippen molar-refractivity contribution in [2.45, 2.75) is 24.6 Å². The zero-order chi connectivity index (χ0) is 18.3. The smallest absolute Gasteiger partial charge is 0.250 e. The Morgan fingerprint density at radius 3 is 2.80 bits per heavy atom. The van der Waals surface area contributed by atoms with Gasteiger partial charge in [0, 0.05) is 25.5 Å². The predicted octanol–water partition coefficient (Wildman–Crippen LogP) is 1.89. The van der Waals surface area contributed by atoms with Gasteiger partial charge in [-0.3, -0.25) is 4.99 Å². The van der Waals surface area contributed by atoms with E-state index in [9.17, 15) is 8.42 Å². The Hall–Kier alpha value is -1.49. The monoisotopic (exact) mass is 401 g/mol. The molecular weight excluding hydrogens is 378 g/mol. The molecule has 0 atom stereocenters. The number of nitrogens with one attached hydrogen (secondary N) is 2. The van der Waals surface area contributed by atoms with Crippen molar-refractivity contribution in [2.24, 2.45) is 4.99 Å². The van der Waals surface area contributed by atoms with Crippen LogP contribution in [0.1, 0.15) is 17.6 Å². The quantitative estimate of drug-likeness (QED) is 0.401. The fourth-order valence-electron chi connectivity index (χ4n) is 2.10. The van der Waals surface area contributed by atoms with Gasteiger partial charge < -0.3 is 10.2 Å². The molecule has 0 aliphatic heterocycles. The van der Waals surface area contributed by atoms with Gasteiger partial charge in [0.1, 0.15) is 4.21 Å². The van der Waals surface area contributed by atoms with Gasteiger partial charge in [-0.25, -0.2) is 18.1 Å². The lowest BCUT2D eigenvalue weighted by Crippen LogP contribution is -2.39. The van der Waals surface area contributed by atoms with Crippen LogP contribution in [0.15, 0.2) is 32.1 Å². The minimum Gasteiger partial charge on any atom is -0.357 e. The molecule has 2 heterocycles. The molecular formula is C15H23N5O2S3. The summed E-state index contributed by atoms with van der Waals surface area (Å²) in [5.41, 5.74) is 0.994. The minimum atomic E-state index is -3.44. The third kappa shape index (κ3) is 6.07. The van der Waals surface area contributed by atoms with Crippen LogP contribution in [0.4, 0.5) is 0 Å². The highest BCUT2D eigenvalue weighted by Gasteiger charge is 2.14. The number of aryl methyl sites for hydroxylation is 1. The number of rotatable bonds is 8. The van der Waals surface area contributed by atoms with Crippen molar-refractivity contribution in [1.82, 2.24) is 19.9 Å². The van der Waals surface area contributed by atoms with Crippen molar-refractivity contribution in [3.8, 4) is 0 Å². The molecule has 2 aromatic rings. The first-order chi connectivity index (χ1) is 11.9. The Kier molecular flexibility index (Phi) is 7.36. The Labute approximate surface area is 156 Å². The molecule has 2 rings (SSSR count). The van der Waals surface area contributed by atoms with Crippen LogP contribution in [0.2, 0.25) is 0 Å². The Balaban J connectivity index is 1.90. The van der Waals surface area contributed by atoms with Gasteiger partial charge in [-0.15, -0.1) is 22.7 Å². The van der Waals surface area contributed by atoms with E-state index in [-0.39, 0.29) is 6.54 Å². The number of hydrogen-bond donors (Lipinski definition) is 2. The summed E-state index contributed by atoms with van der Waals surface area (Å²) in [7, 11) is -1.50. The number of thiophene rings is 1. The number of nitrogens with zero attached hydrogens (tertiary/aromatic N) is 3. The van der Waals surface area contributed by atoms with Crippen LogP contribution < -0.4 is 10.0 Å². The lowest BCUT2D eigenvalue weighted by Gasteiger charge is -2.21. The maximum Gasteiger partial charge on any atom is 0.250 e. The molecule has 0 aliphatic carbocycles. The molecule has 0 unspecified atom stereocenters. The maximum absolute atomic E-state index is 12.1. The van der Waals surface area contributed by atoms with E-state index >= 15 is 0 Å². The van der Waals surface area contributed by atoms with Crippen molar-refractivity contribution >= 4 is 38.7 Å². The van der Waals surface area contributed by atoms with Gasteiger partial charge >= 0.3 is 0 Å². The molecule has 0 saturated heterocycles. The summed E-state index contributed by atoms with van der Waals surface area (Å²) in [6, 6.07) is 3.31. The van der Waals surface area contributed by atoms with E-state index in [1.807, 2.05) is 31.2 Å². The molecule has 25 heavy (non-hydrogen) atoms. The van der Waals surface area contributed by atoms with E-state index in [2.05, 4.69) is 20.0 Å². The Morgan fingerprint density at radius 1 is 1.40 bits per heavy atom. The van der Waals surface area contributed by atoms with Gasteiger partial charge in [-0.2, -0.15) is 0 Å². The predicted molar refractivity (Wildman–Crippen MR) is 104 cm³/mol. The molecule has 138 valence electrons. The van der Waals surface area contributed by atoms with E-state index in [1.165, 1.54) is 11.3 Å². The number of aromatic nitrogens is 1. The molecule has 0 radical (unpaired) electrons. The highest BCUT2D eigenvalue weighted by molar-refractivity contribution is 7.91. The summed E-state index contributed by atoms with van der Waals surface area (Å²) in [6.07, 6.45) is 0. The number of guanidine groups is 1. The zero-order valence-electron chi connectivity index (χ0n) is 14.5. The number of aliphatic imine (C=N–C) groups is 1. The van der Waals surface area contributed by atoms with Crippen molar-refractivity contribution in [3.05, 3.63) is 33.6 Å². The van der Waals surface area contributed by atoms with E-state index in [0.717, 1.165) is 23.2 Å². The zero-order valence-corrected chi connectivity index (χ0v) is 17.0. The highest BCUT2D eigenvalue weighted by Crippen LogP contribution is 2.14. The average molecular weight is 402 g/mol. The topological polar surface area (TPSA) is 86.7 Å². The lowest BCUT2D eigenvalue weighted by atomic mass is 10.4. The Morgan fingerprint density at radius 2 is 2.20 bits per heavy atom. The normalized spacial score (nSPS) is 12.4. The standard InChI is InChI=1S/C15H23N5O2S3/c1-4-16-15(20(3)10-13-11-24-12(2)19-13)17-7-8-18-25(21,22)14-6-5-9-23-14/h5-6,9,11,18H,4,7-8,10H2,1-3H3,(H,16,17). The second kappa shape index (κ2) is 9.27. The van der Waals surface area contributed by atoms with Crippen LogP contribution in [0, 0.1) is 6.92 Å². The van der Waals surface area contributed by atoms with Crippen molar-refractivity contribution in [3.63, 3.8) is 0 Å². The third-order valence-corrected chi connectivity index (χ3v) is 6.87. The molecule has 2 N–H and O–H groups in total. The summed E-state index contributed by atoms with van der Waals surface area (Å²) in [6.45, 7) is 5.96. The lowest BCUT2D eigenvalue weighted by molar-refractivity contribution is 0.471. The molecule has 0 spiro atoms. The Bertz CT molecular complexity index is 784. The second-order valence-corrected chi connectivity index (χ2v) is 9.28. The highest BCUT2D eigenvalue weighted by atomic mass is 32.2. The van der Waals surface area contributed by atoms with Gasteiger partial charge in [-0.1, -0.05) is 6.07 Å². The van der Waals surface area contributed by atoms with E-state index in [4.69, 9.17) is 0 Å². The first-order valence-electron chi connectivity index (χ1n) is 7.86. The van der Waals surface area contributed by atoms with Crippen molar-refractivity contribution in [2.75, 3.05) is 26.7 Å². The summed E-state index contributed by atoms with van der Waals surface area (Å²) in [5, 5.41) is 8.02. The third-order valence-electron chi connectivity index (χ3n) is 3.19. The van der Waals surface area contributed by atoms with Gasteiger partial charge in [0.25, 0.3) is 0 Å². The number of sulfonamides is 1. The van der Waals surface area contributed by atoms with Crippen LogP contribution in [0.5, 0.6) is 0 Å². The SMILES string of the molecule is CCNC(=NCCNS(=O)(=O)c1cccs1)N(C)Cc1csc(C)n1. The number of hydrogen-bond acceptors (Lipinski definition) is 6. The first-order valence-corrected chi connectivity index (χ1v) is 11.1. The van der Waals surface area contributed by atoms with Crippen molar-refractivity contribution < 1.29 is 8.42 Å². The molecule has 2 aromatic heterocycles. The summed E-state index contributed by atoms with van der Waals surface area (Å²) in [5.74, 6) is 0.725. The average Bonchev–Trinajstić information content (AvgIpc) is 3.22. The second-order valence-electron chi connectivity index (χ2n) is 5.28. The van der Waals surface area contributed by atoms with Gasteiger partial charge in [0.15, 0.2) is 5.96 Å². The largest absolute Gasteiger partial charge is 0.357 e.